The van der Waals surface area contributed by atoms with Crippen molar-refractivity contribution < 1.29 is 18.6 Å². The van der Waals surface area contributed by atoms with Crippen molar-refractivity contribution in [2.24, 2.45) is 0 Å². The Morgan fingerprint density at radius 1 is 0.640 bits per heavy atom. The number of hydrogen-bond acceptors (Lipinski definition) is 5. The summed E-state index contributed by atoms with van der Waals surface area (Å²) in [7, 11) is -0.801. The van der Waals surface area contributed by atoms with Crippen LogP contribution >= 0.6 is 0 Å². The maximum Gasteiger partial charge on any atom is 0.491 e. The van der Waals surface area contributed by atoms with Crippen molar-refractivity contribution in [1.82, 2.24) is 5.32 Å². The second-order valence-corrected chi connectivity index (χ2v) is 9.10. The average Bonchev–Trinajstić information content (AvgIpc) is 2.78. The summed E-state index contributed by atoms with van der Waals surface area (Å²) < 4.78 is 24.0. The molecule has 2 heterocycles. The Kier molecular flexibility index (Phi) is 5.42. The van der Waals surface area contributed by atoms with Crippen molar-refractivity contribution in [1.29, 1.82) is 0 Å². The molecule has 2 fully saturated rings. The normalized spacial score (nSPS) is 26.1. The Hall–Kier alpha value is -0.590. The smallest absolute Gasteiger partial charge is 0.400 e. The molecule has 0 atom stereocenters. The molecule has 2 aliphatic heterocycles. The van der Waals surface area contributed by atoms with E-state index in [1.54, 1.807) is 0 Å². The zero-order chi connectivity index (χ0) is 19.3. The minimum absolute atomic E-state index is 0.354. The molecule has 0 aromatic carbocycles. The van der Waals surface area contributed by atoms with E-state index in [1.807, 2.05) is 55.4 Å². The Labute approximate surface area is 153 Å². The maximum absolute atomic E-state index is 6.00. The molecule has 2 aliphatic rings. The van der Waals surface area contributed by atoms with E-state index in [0.29, 0.717) is 13.1 Å². The van der Waals surface area contributed by atoms with Crippen LogP contribution < -0.4 is 5.32 Å². The fourth-order valence-electron chi connectivity index (χ4n) is 2.57. The highest BCUT2D eigenvalue weighted by Crippen LogP contribution is 2.39. The molecule has 25 heavy (non-hydrogen) atoms. The zero-order valence-electron chi connectivity index (χ0n) is 17.1. The van der Waals surface area contributed by atoms with E-state index in [0.717, 1.165) is 10.9 Å². The summed E-state index contributed by atoms with van der Waals surface area (Å²) in [6, 6.07) is 0. The van der Waals surface area contributed by atoms with Crippen LogP contribution in [-0.4, -0.2) is 49.7 Å². The second kappa shape index (κ2) is 6.54. The predicted octanol–water partition coefficient (Wildman–Crippen LogP) is 2.95. The Morgan fingerprint density at radius 3 is 1.12 bits per heavy atom. The lowest BCUT2D eigenvalue weighted by Gasteiger charge is -2.32. The Morgan fingerprint density at radius 2 is 0.880 bits per heavy atom. The zero-order valence-corrected chi connectivity index (χ0v) is 17.1. The third-order valence-corrected chi connectivity index (χ3v) is 5.88. The summed E-state index contributed by atoms with van der Waals surface area (Å²) in [6.07, 6.45) is 0. The summed E-state index contributed by atoms with van der Waals surface area (Å²) >= 11 is 0. The van der Waals surface area contributed by atoms with Gasteiger partial charge in [0.25, 0.3) is 0 Å². The topological polar surface area (TPSA) is 49.0 Å². The van der Waals surface area contributed by atoms with Gasteiger partial charge in [-0.3, -0.25) is 0 Å². The van der Waals surface area contributed by atoms with Gasteiger partial charge in [0.1, 0.15) is 0 Å². The lowest BCUT2D eigenvalue weighted by Crippen LogP contribution is -2.41. The van der Waals surface area contributed by atoms with Crippen molar-refractivity contribution in [3.05, 3.63) is 24.1 Å². The summed E-state index contributed by atoms with van der Waals surface area (Å²) in [5, 5.41) is 3.33. The lowest BCUT2D eigenvalue weighted by molar-refractivity contribution is 0.00578. The third kappa shape index (κ3) is 4.06. The highest BCUT2D eigenvalue weighted by molar-refractivity contribution is 6.55. The molecule has 140 valence electrons. The average molecular weight is 349 g/mol. The molecule has 1 N–H and O–H groups in total. The highest BCUT2D eigenvalue weighted by Gasteiger charge is 2.53. The van der Waals surface area contributed by atoms with Crippen molar-refractivity contribution in [2.75, 3.05) is 13.1 Å². The molecule has 0 unspecified atom stereocenters. The molecule has 0 amide bonds. The second-order valence-electron chi connectivity index (χ2n) is 9.10. The van der Waals surface area contributed by atoms with Gasteiger partial charge in [0.2, 0.25) is 0 Å². The molecule has 0 radical (unpaired) electrons. The van der Waals surface area contributed by atoms with Gasteiger partial charge in [-0.2, -0.15) is 0 Å². The van der Waals surface area contributed by atoms with Gasteiger partial charge in [-0.05, 0) is 66.3 Å². The van der Waals surface area contributed by atoms with E-state index in [9.17, 15) is 0 Å². The molecular weight excluding hydrogens is 316 g/mol. The van der Waals surface area contributed by atoms with Crippen LogP contribution in [0.1, 0.15) is 55.4 Å². The standard InChI is InChI=1S/C18H33B2NO4/c1-13(19-22-15(3,4)16(5,6)23-19)11-21-12-14(2)20-24-17(7,8)18(9,10)25-20/h21H,1-2,11-12H2,3-10H3. The summed E-state index contributed by atoms with van der Waals surface area (Å²) in [6.45, 7) is 25.6. The van der Waals surface area contributed by atoms with Gasteiger partial charge in [-0.1, -0.05) is 0 Å². The maximum atomic E-state index is 6.00. The Bertz CT molecular complexity index is 477. The number of nitrogens with one attached hydrogen (secondary N) is 1. The van der Waals surface area contributed by atoms with Gasteiger partial charge in [0, 0.05) is 13.1 Å². The molecule has 0 bridgehead atoms. The fraction of sp³-hybridized carbons (Fsp3) is 0.778. The van der Waals surface area contributed by atoms with Crippen molar-refractivity contribution in [3.8, 4) is 0 Å². The quantitative estimate of drug-likeness (QED) is 0.748. The summed E-state index contributed by atoms with van der Waals surface area (Å²) in [4.78, 5) is 0. The molecule has 2 rings (SSSR count). The first-order valence-electron chi connectivity index (χ1n) is 8.96. The molecule has 2 saturated heterocycles. The molecule has 0 aromatic rings. The minimum Gasteiger partial charge on any atom is -0.400 e. The van der Waals surface area contributed by atoms with Gasteiger partial charge in [-0.25, -0.2) is 0 Å². The van der Waals surface area contributed by atoms with Gasteiger partial charge in [0.15, 0.2) is 0 Å². The molecule has 0 aromatic heterocycles. The van der Waals surface area contributed by atoms with Crippen molar-refractivity contribution in [3.63, 3.8) is 0 Å². The molecule has 5 nitrogen and oxygen atoms in total. The van der Waals surface area contributed by atoms with Gasteiger partial charge >= 0.3 is 14.2 Å². The van der Waals surface area contributed by atoms with Crippen LogP contribution in [0.15, 0.2) is 24.1 Å². The fourth-order valence-corrected chi connectivity index (χ4v) is 2.57. The van der Waals surface area contributed by atoms with Crippen LogP contribution in [0.5, 0.6) is 0 Å². The SMILES string of the molecule is C=C(CNCC(=C)B1OC(C)(C)C(C)(C)O1)B1OC(C)(C)C(C)(C)O1. The largest absolute Gasteiger partial charge is 0.491 e. The van der Waals surface area contributed by atoms with Crippen LogP contribution in [0.25, 0.3) is 0 Å². The molecule has 0 aliphatic carbocycles. The van der Waals surface area contributed by atoms with E-state index >= 15 is 0 Å². The number of rotatable bonds is 6. The monoisotopic (exact) mass is 349 g/mol. The minimum atomic E-state index is -0.400. The predicted molar refractivity (Wildman–Crippen MR) is 103 cm³/mol. The van der Waals surface area contributed by atoms with Crippen LogP contribution in [0.2, 0.25) is 0 Å². The van der Waals surface area contributed by atoms with Crippen LogP contribution in [0, 0.1) is 0 Å². The van der Waals surface area contributed by atoms with Gasteiger partial charge < -0.3 is 23.9 Å². The van der Waals surface area contributed by atoms with Gasteiger partial charge in [-0.15, -0.1) is 13.2 Å². The van der Waals surface area contributed by atoms with Crippen LogP contribution in [0.4, 0.5) is 0 Å². The lowest BCUT2D eigenvalue weighted by atomic mass is 9.78. The van der Waals surface area contributed by atoms with Crippen molar-refractivity contribution >= 4 is 14.2 Å². The summed E-state index contributed by atoms with van der Waals surface area (Å²) in [5.74, 6) is 0. The van der Waals surface area contributed by atoms with E-state index in [4.69, 9.17) is 18.6 Å². The third-order valence-electron chi connectivity index (χ3n) is 5.88. The van der Waals surface area contributed by atoms with Crippen LogP contribution in [-0.2, 0) is 18.6 Å². The highest BCUT2D eigenvalue weighted by atomic mass is 16.7. The Balaban J connectivity index is 1.80. The van der Waals surface area contributed by atoms with E-state index in [-0.39, 0.29) is 22.4 Å². The molecule has 0 spiro atoms. The van der Waals surface area contributed by atoms with E-state index in [2.05, 4.69) is 18.5 Å². The van der Waals surface area contributed by atoms with E-state index in [1.165, 1.54) is 0 Å². The molecule has 0 saturated carbocycles. The van der Waals surface area contributed by atoms with Gasteiger partial charge in [0.05, 0.1) is 22.4 Å². The van der Waals surface area contributed by atoms with E-state index < -0.39 is 14.2 Å². The first-order valence-corrected chi connectivity index (χ1v) is 8.96. The molecule has 7 heteroatoms. The summed E-state index contributed by atoms with van der Waals surface area (Å²) in [5.41, 5.74) is 0.306. The number of hydrogen-bond donors (Lipinski definition) is 1. The first kappa shape index (κ1) is 20.7. The molecular formula is C18H33B2NO4. The van der Waals surface area contributed by atoms with Crippen LogP contribution in [0.3, 0.4) is 0 Å². The first-order chi connectivity index (χ1) is 11.2. The van der Waals surface area contributed by atoms with Crippen molar-refractivity contribution in [2.45, 2.75) is 77.8 Å².